The van der Waals surface area contributed by atoms with Crippen LogP contribution < -0.4 is 10.2 Å². The van der Waals surface area contributed by atoms with E-state index in [0.717, 1.165) is 22.8 Å². The molecule has 4 heterocycles. The molecule has 5 rings (SSSR count). The first-order valence-corrected chi connectivity index (χ1v) is 9.97. The summed E-state index contributed by atoms with van der Waals surface area (Å²) in [5.74, 6) is -0.283. The van der Waals surface area contributed by atoms with E-state index in [4.69, 9.17) is 12.2 Å². The average molecular weight is 415 g/mol. The Morgan fingerprint density at radius 2 is 1.67 bits per heavy atom. The molecule has 1 N–H and O–H groups in total. The van der Waals surface area contributed by atoms with Gasteiger partial charge in [0.2, 0.25) is 0 Å². The van der Waals surface area contributed by atoms with Gasteiger partial charge in [0.05, 0.1) is 11.7 Å². The van der Waals surface area contributed by atoms with E-state index in [-0.39, 0.29) is 17.9 Å². The predicted molar refractivity (Wildman–Crippen MR) is 118 cm³/mol. The Bertz CT molecular complexity index is 1160. The van der Waals surface area contributed by atoms with Crippen LogP contribution in [0.15, 0.2) is 91.5 Å². The van der Waals surface area contributed by atoms with Crippen LogP contribution >= 0.6 is 12.2 Å². The maximum absolute atomic E-state index is 13.6. The molecule has 0 saturated carbocycles. The third-order valence-electron chi connectivity index (χ3n) is 5.23. The molecular formula is C23H18FN5S. The maximum atomic E-state index is 13.6. The van der Waals surface area contributed by atoms with E-state index in [2.05, 4.69) is 25.9 Å². The molecule has 2 atom stereocenters. The molecule has 2 unspecified atom stereocenters. The average Bonchev–Trinajstić information content (AvgIpc) is 3.40. The van der Waals surface area contributed by atoms with Crippen molar-refractivity contribution in [3.8, 4) is 5.69 Å². The van der Waals surface area contributed by atoms with Gasteiger partial charge in [-0.2, -0.15) is 0 Å². The summed E-state index contributed by atoms with van der Waals surface area (Å²) in [6, 6.07) is 19.9. The van der Waals surface area contributed by atoms with Crippen molar-refractivity contribution in [2.24, 2.45) is 0 Å². The smallest absolute Gasteiger partial charge is 0.174 e. The molecule has 0 radical (unpaired) electrons. The number of rotatable bonds is 4. The van der Waals surface area contributed by atoms with E-state index in [1.54, 1.807) is 30.7 Å². The van der Waals surface area contributed by atoms with Gasteiger partial charge in [-0.1, -0.05) is 6.07 Å². The Kier molecular flexibility index (Phi) is 4.72. The number of pyridine rings is 2. The van der Waals surface area contributed by atoms with E-state index in [1.165, 1.54) is 12.1 Å². The molecule has 0 bridgehead atoms. The third kappa shape index (κ3) is 3.23. The molecule has 1 saturated heterocycles. The summed E-state index contributed by atoms with van der Waals surface area (Å²) in [6.45, 7) is 0. The van der Waals surface area contributed by atoms with Crippen LogP contribution in [-0.4, -0.2) is 19.6 Å². The first-order valence-electron chi connectivity index (χ1n) is 9.56. The summed E-state index contributed by atoms with van der Waals surface area (Å²) < 4.78 is 15.7. The van der Waals surface area contributed by atoms with Gasteiger partial charge in [-0.15, -0.1) is 0 Å². The molecule has 148 valence electrons. The van der Waals surface area contributed by atoms with Gasteiger partial charge < -0.3 is 14.8 Å². The van der Waals surface area contributed by atoms with Gasteiger partial charge in [0, 0.05) is 41.9 Å². The normalized spacial score (nSPS) is 18.4. The molecule has 30 heavy (non-hydrogen) atoms. The monoisotopic (exact) mass is 415 g/mol. The van der Waals surface area contributed by atoms with Crippen LogP contribution in [0.5, 0.6) is 0 Å². The van der Waals surface area contributed by atoms with Crippen LogP contribution in [0.25, 0.3) is 5.69 Å². The molecule has 5 nitrogen and oxygen atoms in total. The second-order valence-electron chi connectivity index (χ2n) is 6.98. The quantitative estimate of drug-likeness (QED) is 0.494. The van der Waals surface area contributed by atoms with E-state index < -0.39 is 0 Å². The van der Waals surface area contributed by atoms with Crippen molar-refractivity contribution in [3.63, 3.8) is 0 Å². The summed E-state index contributed by atoms with van der Waals surface area (Å²) in [4.78, 5) is 10.7. The molecule has 0 amide bonds. The highest BCUT2D eigenvalue weighted by Gasteiger charge is 2.42. The SMILES string of the molecule is Fc1ccc(N2C(=S)NC(c3ccccn3)C2c2cccn2-c2ccncc2)cc1. The number of hydrogen-bond donors (Lipinski definition) is 1. The Balaban J connectivity index is 1.67. The van der Waals surface area contributed by atoms with Crippen molar-refractivity contribution in [3.05, 3.63) is 109 Å². The molecule has 7 heteroatoms. The molecule has 0 aliphatic carbocycles. The van der Waals surface area contributed by atoms with Crippen LogP contribution in [-0.2, 0) is 0 Å². The van der Waals surface area contributed by atoms with Crippen molar-refractivity contribution in [2.75, 3.05) is 4.90 Å². The lowest BCUT2D eigenvalue weighted by atomic mass is 10.0. The van der Waals surface area contributed by atoms with Crippen molar-refractivity contribution >= 4 is 23.0 Å². The standard InChI is InChI=1S/C23H18FN5S/c24-16-6-8-18(9-7-16)29-22(21(27-23(29)30)19-4-1-2-12-26-19)20-5-3-15-28(20)17-10-13-25-14-11-17/h1-15,21-22H,(H,27,30). The molecule has 3 aromatic heterocycles. The zero-order valence-corrected chi connectivity index (χ0v) is 16.7. The second-order valence-corrected chi connectivity index (χ2v) is 7.37. The highest BCUT2D eigenvalue weighted by atomic mass is 32.1. The van der Waals surface area contributed by atoms with Gasteiger partial charge in [-0.3, -0.25) is 9.97 Å². The van der Waals surface area contributed by atoms with E-state index in [1.807, 2.05) is 47.5 Å². The lowest BCUT2D eigenvalue weighted by Gasteiger charge is -2.29. The molecule has 1 aliphatic heterocycles. The van der Waals surface area contributed by atoms with Crippen molar-refractivity contribution < 1.29 is 4.39 Å². The Hall–Kier alpha value is -3.58. The molecule has 1 aliphatic rings. The summed E-state index contributed by atoms with van der Waals surface area (Å²) in [5.41, 5.74) is 3.74. The fourth-order valence-electron chi connectivity index (χ4n) is 3.91. The van der Waals surface area contributed by atoms with Crippen LogP contribution in [0.2, 0.25) is 0 Å². The predicted octanol–water partition coefficient (Wildman–Crippen LogP) is 4.58. The first-order chi connectivity index (χ1) is 14.7. The first kappa shape index (κ1) is 18.4. The van der Waals surface area contributed by atoms with Gasteiger partial charge in [-0.25, -0.2) is 4.39 Å². The van der Waals surface area contributed by atoms with Gasteiger partial charge in [0.1, 0.15) is 11.9 Å². The largest absolute Gasteiger partial charge is 0.351 e. The lowest BCUT2D eigenvalue weighted by molar-refractivity contribution is 0.549. The summed E-state index contributed by atoms with van der Waals surface area (Å²) in [5, 5.41) is 4.00. The maximum Gasteiger partial charge on any atom is 0.174 e. The van der Waals surface area contributed by atoms with Crippen molar-refractivity contribution in [1.29, 1.82) is 0 Å². The van der Waals surface area contributed by atoms with Gasteiger partial charge in [-0.05, 0) is 72.9 Å². The van der Waals surface area contributed by atoms with Crippen LogP contribution in [0.3, 0.4) is 0 Å². The number of nitrogens with one attached hydrogen (secondary N) is 1. The number of anilines is 1. The van der Waals surface area contributed by atoms with E-state index in [9.17, 15) is 4.39 Å². The topological polar surface area (TPSA) is 46.0 Å². The van der Waals surface area contributed by atoms with Crippen LogP contribution in [0.4, 0.5) is 10.1 Å². The Labute approximate surface area is 178 Å². The highest BCUT2D eigenvalue weighted by Crippen LogP contribution is 2.42. The Morgan fingerprint density at radius 1 is 0.867 bits per heavy atom. The number of halogens is 1. The molecule has 4 aromatic rings. The number of aromatic nitrogens is 3. The number of nitrogens with zero attached hydrogens (tertiary/aromatic N) is 4. The zero-order chi connectivity index (χ0) is 20.5. The second kappa shape index (κ2) is 7.68. The van der Waals surface area contributed by atoms with Gasteiger partial charge in [0.25, 0.3) is 0 Å². The number of hydrogen-bond acceptors (Lipinski definition) is 3. The summed E-state index contributed by atoms with van der Waals surface area (Å²) in [7, 11) is 0. The lowest BCUT2D eigenvalue weighted by Crippen LogP contribution is -2.30. The fraction of sp³-hybridized carbons (Fsp3) is 0.0870. The molecule has 1 fully saturated rings. The highest BCUT2D eigenvalue weighted by molar-refractivity contribution is 7.80. The minimum atomic E-state index is -0.283. The molecule has 1 aromatic carbocycles. The van der Waals surface area contributed by atoms with Gasteiger partial charge >= 0.3 is 0 Å². The number of benzene rings is 1. The van der Waals surface area contributed by atoms with E-state index in [0.29, 0.717) is 5.11 Å². The minimum Gasteiger partial charge on any atom is -0.351 e. The summed E-state index contributed by atoms with van der Waals surface area (Å²) >= 11 is 5.72. The van der Waals surface area contributed by atoms with Gasteiger partial charge in [0.15, 0.2) is 5.11 Å². The minimum absolute atomic E-state index is 0.167. The fourth-order valence-corrected chi connectivity index (χ4v) is 4.26. The third-order valence-corrected chi connectivity index (χ3v) is 5.54. The van der Waals surface area contributed by atoms with Crippen LogP contribution in [0, 0.1) is 5.82 Å². The molecule has 0 spiro atoms. The Morgan fingerprint density at radius 3 is 2.40 bits per heavy atom. The molecular weight excluding hydrogens is 397 g/mol. The zero-order valence-electron chi connectivity index (χ0n) is 15.9. The van der Waals surface area contributed by atoms with Crippen LogP contribution in [0.1, 0.15) is 23.5 Å². The van der Waals surface area contributed by atoms with Crippen molar-refractivity contribution in [2.45, 2.75) is 12.1 Å². The van der Waals surface area contributed by atoms with Crippen molar-refractivity contribution in [1.82, 2.24) is 19.9 Å². The van der Waals surface area contributed by atoms with E-state index >= 15 is 0 Å². The number of thiocarbonyl (C=S) groups is 1. The summed E-state index contributed by atoms with van der Waals surface area (Å²) in [6.07, 6.45) is 7.33.